The Morgan fingerprint density at radius 3 is 2.32 bits per heavy atom. The predicted molar refractivity (Wildman–Crippen MR) is 132 cm³/mol. The van der Waals surface area contributed by atoms with E-state index in [1.165, 1.54) is 42.3 Å². The number of rotatable bonds is 4. The van der Waals surface area contributed by atoms with E-state index in [9.17, 15) is 19.8 Å². The maximum atomic E-state index is 13.3. The molecule has 4 rings (SSSR count). The molecular formula is C26H21Cl2NO5. The van der Waals surface area contributed by atoms with Gasteiger partial charge in [0.1, 0.15) is 17.3 Å². The number of Topliss-reactive ketones (excluding diaryl/α,β-unsaturated/α-hetero) is 1. The fraction of sp³-hybridized carbons (Fsp3) is 0.154. The van der Waals surface area contributed by atoms with Gasteiger partial charge in [-0.2, -0.15) is 0 Å². The highest BCUT2D eigenvalue weighted by molar-refractivity contribution is 6.51. The average Bonchev–Trinajstić information content (AvgIpc) is 3.08. The second kappa shape index (κ2) is 9.05. The Bertz CT molecular complexity index is 1370. The summed E-state index contributed by atoms with van der Waals surface area (Å²) in [6, 6.07) is 13.4. The number of aryl methyl sites for hydroxylation is 2. The number of aliphatic hydroxyl groups excluding tert-OH is 1. The summed E-state index contributed by atoms with van der Waals surface area (Å²) < 4.78 is 5.23. The zero-order valence-electron chi connectivity index (χ0n) is 18.6. The number of aliphatic hydroxyl groups is 1. The highest BCUT2D eigenvalue weighted by Crippen LogP contribution is 2.44. The summed E-state index contributed by atoms with van der Waals surface area (Å²) in [4.78, 5) is 27.9. The lowest BCUT2D eigenvalue weighted by Gasteiger charge is -2.26. The van der Waals surface area contributed by atoms with E-state index in [4.69, 9.17) is 27.9 Å². The highest BCUT2D eigenvalue weighted by atomic mass is 35.5. The molecule has 1 saturated heterocycles. The quantitative estimate of drug-likeness (QED) is 0.264. The molecule has 0 aromatic heterocycles. The Labute approximate surface area is 206 Å². The molecule has 0 saturated carbocycles. The van der Waals surface area contributed by atoms with Crippen molar-refractivity contribution in [2.24, 2.45) is 0 Å². The van der Waals surface area contributed by atoms with Gasteiger partial charge in [-0.25, -0.2) is 0 Å². The van der Waals surface area contributed by atoms with Crippen LogP contribution >= 0.6 is 23.2 Å². The number of hydrogen-bond acceptors (Lipinski definition) is 5. The van der Waals surface area contributed by atoms with Gasteiger partial charge in [0.25, 0.3) is 11.7 Å². The van der Waals surface area contributed by atoms with Gasteiger partial charge in [-0.15, -0.1) is 0 Å². The molecular weight excluding hydrogens is 477 g/mol. The van der Waals surface area contributed by atoms with Crippen LogP contribution in [0.3, 0.4) is 0 Å². The first-order valence-electron chi connectivity index (χ1n) is 10.3. The number of nitrogens with zero attached hydrogens (tertiary/aromatic N) is 1. The minimum Gasteiger partial charge on any atom is -0.507 e. The molecule has 0 radical (unpaired) electrons. The summed E-state index contributed by atoms with van der Waals surface area (Å²) in [6.07, 6.45) is 0. The number of amides is 1. The monoisotopic (exact) mass is 497 g/mol. The Balaban J connectivity index is 1.98. The van der Waals surface area contributed by atoms with Crippen molar-refractivity contribution in [1.29, 1.82) is 0 Å². The van der Waals surface area contributed by atoms with Crippen molar-refractivity contribution in [3.05, 3.63) is 92.5 Å². The van der Waals surface area contributed by atoms with E-state index < -0.39 is 17.7 Å². The van der Waals surface area contributed by atoms with Crippen LogP contribution < -0.4 is 9.64 Å². The van der Waals surface area contributed by atoms with E-state index in [2.05, 4.69) is 0 Å². The zero-order valence-corrected chi connectivity index (χ0v) is 20.1. The Kier molecular flexibility index (Phi) is 6.30. The second-order valence-corrected chi connectivity index (χ2v) is 8.81. The van der Waals surface area contributed by atoms with Crippen LogP contribution in [-0.4, -0.2) is 29.0 Å². The number of halogens is 2. The standard InChI is InChI=1S/C26H21Cl2NO5/c1-13-4-7-17(10-14(13)2)29-23(15-6-9-20(30)19(28)11-15)22(25(32)26(29)33)24(31)16-5-8-18(27)21(12-16)34-3/h4-12,23,30-31H,1-3H3/b24-22+. The van der Waals surface area contributed by atoms with Crippen LogP contribution in [0.1, 0.15) is 28.3 Å². The summed E-state index contributed by atoms with van der Waals surface area (Å²) in [5.74, 6) is -1.86. The number of aromatic hydroxyl groups is 1. The summed E-state index contributed by atoms with van der Waals surface area (Å²) in [5.41, 5.74) is 3.04. The fourth-order valence-corrected chi connectivity index (χ4v) is 4.33. The van der Waals surface area contributed by atoms with Crippen LogP contribution in [-0.2, 0) is 9.59 Å². The molecule has 174 valence electrons. The molecule has 1 atom stereocenters. The molecule has 0 aliphatic carbocycles. The van der Waals surface area contributed by atoms with Crippen LogP contribution in [0.5, 0.6) is 11.5 Å². The molecule has 1 aliphatic heterocycles. The van der Waals surface area contributed by atoms with Crippen molar-refractivity contribution in [2.45, 2.75) is 19.9 Å². The van der Waals surface area contributed by atoms with Gasteiger partial charge < -0.3 is 14.9 Å². The number of ketones is 1. The third-order valence-corrected chi connectivity index (χ3v) is 6.54. The molecule has 34 heavy (non-hydrogen) atoms. The molecule has 1 fully saturated rings. The predicted octanol–water partition coefficient (Wildman–Crippen LogP) is 5.95. The fourth-order valence-electron chi connectivity index (χ4n) is 3.95. The molecule has 6 nitrogen and oxygen atoms in total. The first-order chi connectivity index (χ1) is 16.1. The van der Waals surface area contributed by atoms with Gasteiger partial charge in [0.2, 0.25) is 0 Å². The maximum Gasteiger partial charge on any atom is 0.300 e. The maximum absolute atomic E-state index is 13.3. The minimum absolute atomic E-state index is 0.0522. The van der Waals surface area contributed by atoms with Crippen molar-refractivity contribution in [3.8, 4) is 11.5 Å². The van der Waals surface area contributed by atoms with Gasteiger partial charge in [0.15, 0.2) is 0 Å². The minimum atomic E-state index is -0.984. The Morgan fingerprint density at radius 1 is 0.941 bits per heavy atom. The molecule has 0 bridgehead atoms. The molecule has 1 heterocycles. The number of carbonyl (C=O) groups is 2. The molecule has 8 heteroatoms. The lowest BCUT2D eigenvalue weighted by molar-refractivity contribution is -0.132. The summed E-state index contributed by atoms with van der Waals surface area (Å²) >= 11 is 12.3. The summed E-state index contributed by atoms with van der Waals surface area (Å²) in [7, 11) is 1.43. The van der Waals surface area contributed by atoms with Crippen LogP contribution in [0.25, 0.3) is 5.76 Å². The summed E-state index contributed by atoms with van der Waals surface area (Å²) in [5, 5.41) is 21.5. The first kappa shape index (κ1) is 23.7. The Hall–Kier alpha value is -3.48. The van der Waals surface area contributed by atoms with Crippen molar-refractivity contribution in [3.63, 3.8) is 0 Å². The molecule has 2 N–H and O–H groups in total. The van der Waals surface area contributed by atoms with Crippen LogP contribution in [0, 0.1) is 13.8 Å². The van der Waals surface area contributed by atoms with Crippen LogP contribution in [0.2, 0.25) is 10.0 Å². The van der Waals surface area contributed by atoms with Gasteiger partial charge in [-0.1, -0.05) is 35.3 Å². The molecule has 1 aliphatic rings. The molecule has 1 unspecified atom stereocenters. The Morgan fingerprint density at radius 2 is 1.68 bits per heavy atom. The van der Waals surface area contributed by atoms with Gasteiger partial charge in [-0.3, -0.25) is 14.5 Å². The van der Waals surface area contributed by atoms with E-state index in [0.29, 0.717) is 22.0 Å². The van der Waals surface area contributed by atoms with Gasteiger partial charge in [0, 0.05) is 11.3 Å². The van der Waals surface area contributed by atoms with E-state index in [0.717, 1.165) is 11.1 Å². The zero-order chi connectivity index (χ0) is 24.7. The summed E-state index contributed by atoms with van der Waals surface area (Å²) in [6.45, 7) is 3.85. The highest BCUT2D eigenvalue weighted by Gasteiger charge is 2.47. The van der Waals surface area contributed by atoms with Crippen molar-refractivity contribution < 1.29 is 24.5 Å². The van der Waals surface area contributed by atoms with Crippen molar-refractivity contribution >= 4 is 46.3 Å². The van der Waals surface area contributed by atoms with E-state index in [1.54, 1.807) is 18.2 Å². The number of phenolic OH excluding ortho intramolecular Hbond substituents is 1. The van der Waals surface area contributed by atoms with E-state index in [1.807, 2.05) is 19.9 Å². The third kappa shape index (κ3) is 4.00. The number of anilines is 1. The normalized spacial score (nSPS) is 17.3. The van der Waals surface area contributed by atoms with Crippen molar-refractivity contribution in [2.75, 3.05) is 12.0 Å². The molecule has 3 aromatic rings. The van der Waals surface area contributed by atoms with E-state index in [-0.39, 0.29) is 27.7 Å². The lowest BCUT2D eigenvalue weighted by atomic mass is 9.94. The van der Waals surface area contributed by atoms with Gasteiger partial charge >= 0.3 is 0 Å². The van der Waals surface area contributed by atoms with E-state index >= 15 is 0 Å². The second-order valence-electron chi connectivity index (χ2n) is 8.00. The molecule has 0 spiro atoms. The smallest absolute Gasteiger partial charge is 0.300 e. The number of phenols is 1. The van der Waals surface area contributed by atoms with Gasteiger partial charge in [-0.05, 0) is 73.0 Å². The van der Waals surface area contributed by atoms with Crippen molar-refractivity contribution in [1.82, 2.24) is 0 Å². The topological polar surface area (TPSA) is 87.1 Å². The van der Waals surface area contributed by atoms with Gasteiger partial charge in [0.05, 0.1) is 28.8 Å². The lowest BCUT2D eigenvalue weighted by Crippen LogP contribution is -2.29. The SMILES string of the molecule is COc1cc(/C(O)=C2\C(=O)C(=O)N(c3ccc(C)c(C)c3)C2c2ccc(O)c(Cl)c2)ccc1Cl. The first-order valence-corrected chi connectivity index (χ1v) is 11.1. The number of hydrogen-bond donors (Lipinski definition) is 2. The van der Waals surface area contributed by atoms with Crippen LogP contribution in [0.15, 0.2) is 60.2 Å². The molecule has 3 aromatic carbocycles. The largest absolute Gasteiger partial charge is 0.507 e. The number of methoxy groups -OCH3 is 1. The number of ether oxygens (including phenoxy) is 1. The van der Waals surface area contributed by atoms with Crippen LogP contribution in [0.4, 0.5) is 5.69 Å². The number of carbonyl (C=O) groups excluding carboxylic acids is 2. The average molecular weight is 498 g/mol. The number of benzene rings is 3. The molecule has 1 amide bonds. The third-order valence-electron chi connectivity index (χ3n) is 5.93.